The first-order valence-corrected chi connectivity index (χ1v) is 12.0. The molecule has 1 heterocycles. The number of hydrogen-bond donors (Lipinski definition) is 1. The molecule has 1 amide bonds. The van der Waals surface area contributed by atoms with E-state index in [9.17, 15) is 9.90 Å². The van der Waals surface area contributed by atoms with E-state index in [1.807, 2.05) is 48.5 Å². The Morgan fingerprint density at radius 1 is 0.944 bits per heavy atom. The van der Waals surface area contributed by atoms with Crippen LogP contribution in [0.15, 0.2) is 83.0 Å². The maximum Gasteiger partial charge on any atom is 0.302 e. The van der Waals surface area contributed by atoms with Crippen molar-refractivity contribution in [2.45, 2.75) is 32.7 Å². The summed E-state index contributed by atoms with van der Waals surface area (Å²) in [5.74, 6) is 0.601. The smallest absolute Gasteiger partial charge is 0.302 e. The van der Waals surface area contributed by atoms with Crippen LogP contribution < -0.4 is 9.47 Å². The summed E-state index contributed by atoms with van der Waals surface area (Å²) in [6.07, 6.45) is 0. The molecular weight excluding hydrogens is 478 g/mol. The number of ether oxygens (including phenoxy) is 2. The molecule has 0 aliphatic carbocycles. The number of azo groups is 1. The Labute approximate surface area is 214 Å². The molecule has 0 spiro atoms. The first kappa shape index (κ1) is 25.3. The van der Waals surface area contributed by atoms with Crippen LogP contribution in [-0.2, 0) is 16.8 Å². The van der Waals surface area contributed by atoms with E-state index in [0.717, 1.165) is 5.52 Å². The highest BCUT2D eigenvalue weighted by Crippen LogP contribution is 2.38. The van der Waals surface area contributed by atoms with E-state index in [0.29, 0.717) is 35.1 Å². The topological polar surface area (TPSA) is 85.4 Å². The van der Waals surface area contributed by atoms with E-state index in [2.05, 4.69) is 31.0 Å². The molecular formula is C28H28ClN3O4. The van der Waals surface area contributed by atoms with E-state index in [1.54, 1.807) is 28.8 Å². The van der Waals surface area contributed by atoms with Crippen LogP contribution in [0.1, 0.15) is 26.3 Å². The standard InChI is InChI=1S/C28H28ClN3O4/c1-28(2,3)19-8-12-22(13-9-19)36-18-25(33)30-31-26-23-6-4-5-7-24(23)32(27(26)34)16-17-35-21-14-10-20(29)11-15-21/h4-15,34H,16-18H2,1-3H3. The van der Waals surface area contributed by atoms with E-state index < -0.39 is 5.91 Å². The fourth-order valence-corrected chi connectivity index (χ4v) is 3.84. The number of benzene rings is 3. The average molecular weight is 506 g/mol. The minimum Gasteiger partial charge on any atom is -0.493 e. The number of aromatic hydroxyl groups is 1. The van der Waals surface area contributed by atoms with Gasteiger partial charge in [0.05, 0.1) is 12.1 Å². The Morgan fingerprint density at radius 2 is 1.58 bits per heavy atom. The highest BCUT2D eigenvalue weighted by atomic mass is 35.5. The van der Waals surface area contributed by atoms with Gasteiger partial charge in [0.1, 0.15) is 18.1 Å². The van der Waals surface area contributed by atoms with E-state index in [-0.39, 0.29) is 23.6 Å². The lowest BCUT2D eigenvalue weighted by Gasteiger charge is -2.19. The Kier molecular flexibility index (Phi) is 7.60. The van der Waals surface area contributed by atoms with Crippen LogP contribution >= 0.6 is 11.6 Å². The third kappa shape index (κ3) is 6.04. The highest BCUT2D eigenvalue weighted by molar-refractivity contribution is 6.30. The summed E-state index contributed by atoms with van der Waals surface area (Å²) < 4.78 is 13.0. The number of halogens is 1. The largest absolute Gasteiger partial charge is 0.493 e. The quantitative estimate of drug-likeness (QED) is 0.259. The van der Waals surface area contributed by atoms with Crippen LogP contribution in [-0.4, -0.2) is 28.8 Å². The second-order valence-electron chi connectivity index (χ2n) is 9.30. The molecule has 1 N–H and O–H groups in total. The van der Waals surface area contributed by atoms with Crippen LogP contribution in [0, 0.1) is 0 Å². The summed E-state index contributed by atoms with van der Waals surface area (Å²) in [6.45, 7) is 6.81. The zero-order valence-electron chi connectivity index (χ0n) is 20.4. The van der Waals surface area contributed by atoms with Gasteiger partial charge in [-0.2, -0.15) is 0 Å². The van der Waals surface area contributed by atoms with Crippen LogP contribution in [0.3, 0.4) is 0 Å². The van der Waals surface area contributed by atoms with Crippen LogP contribution in [0.2, 0.25) is 5.02 Å². The molecule has 0 radical (unpaired) electrons. The molecule has 36 heavy (non-hydrogen) atoms. The van der Waals surface area contributed by atoms with Gasteiger partial charge in [0.2, 0.25) is 5.88 Å². The van der Waals surface area contributed by atoms with Gasteiger partial charge in [-0.25, -0.2) is 0 Å². The average Bonchev–Trinajstić information content (AvgIpc) is 3.13. The van der Waals surface area contributed by atoms with E-state index in [1.165, 1.54) is 5.56 Å². The number of rotatable bonds is 8. The first-order valence-electron chi connectivity index (χ1n) is 11.6. The zero-order valence-corrected chi connectivity index (χ0v) is 21.2. The molecule has 0 unspecified atom stereocenters. The molecule has 1 aromatic heterocycles. The van der Waals surface area contributed by atoms with Gasteiger partial charge >= 0.3 is 5.91 Å². The fraction of sp³-hybridized carbons (Fsp3) is 0.250. The van der Waals surface area contributed by atoms with Crippen molar-refractivity contribution in [3.8, 4) is 17.4 Å². The number of nitrogens with zero attached hydrogens (tertiary/aromatic N) is 3. The molecule has 0 fully saturated rings. The van der Waals surface area contributed by atoms with E-state index in [4.69, 9.17) is 21.1 Å². The van der Waals surface area contributed by atoms with Gasteiger partial charge in [-0.15, -0.1) is 10.2 Å². The summed E-state index contributed by atoms with van der Waals surface area (Å²) in [4.78, 5) is 12.3. The summed E-state index contributed by atoms with van der Waals surface area (Å²) in [5, 5.41) is 20.0. The Bertz CT molecular complexity index is 1370. The molecule has 0 aliphatic heterocycles. The third-order valence-electron chi connectivity index (χ3n) is 5.66. The Hall–Kier alpha value is -3.84. The lowest BCUT2D eigenvalue weighted by molar-refractivity contribution is -0.120. The predicted octanol–water partition coefficient (Wildman–Crippen LogP) is 7.07. The van der Waals surface area contributed by atoms with Gasteiger partial charge in [0.15, 0.2) is 12.3 Å². The first-order chi connectivity index (χ1) is 17.2. The minimum absolute atomic E-state index is 0.0334. The van der Waals surface area contributed by atoms with Gasteiger partial charge in [-0.3, -0.25) is 4.79 Å². The molecule has 8 heteroatoms. The molecule has 4 aromatic rings. The van der Waals surface area contributed by atoms with Crippen molar-refractivity contribution in [3.05, 3.63) is 83.4 Å². The van der Waals surface area contributed by atoms with Crippen LogP contribution in [0.25, 0.3) is 10.9 Å². The van der Waals surface area contributed by atoms with E-state index >= 15 is 0 Å². The molecule has 186 valence electrons. The van der Waals surface area contributed by atoms with Gasteiger partial charge in [-0.1, -0.05) is 62.7 Å². The number of carbonyl (C=O) groups excluding carboxylic acids is 1. The maximum absolute atomic E-state index is 12.3. The lowest BCUT2D eigenvalue weighted by atomic mass is 9.87. The third-order valence-corrected chi connectivity index (χ3v) is 5.91. The SMILES string of the molecule is CC(C)(C)c1ccc(OCC(=O)N=Nc2c(O)n(CCOc3ccc(Cl)cc3)c3ccccc23)cc1. The second-order valence-corrected chi connectivity index (χ2v) is 9.74. The normalized spacial score (nSPS) is 11.8. The number of amides is 1. The Balaban J connectivity index is 1.42. The van der Waals surface area contributed by atoms with Gasteiger partial charge < -0.3 is 19.1 Å². The minimum atomic E-state index is -0.558. The number of para-hydroxylation sites is 1. The van der Waals surface area contributed by atoms with Crippen molar-refractivity contribution in [2.24, 2.45) is 10.2 Å². The molecule has 7 nitrogen and oxygen atoms in total. The van der Waals surface area contributed by atoms with Crippen molar-refractivity contribution in [1.82, 2.24) is 4.57 Å². The fourth-order valence-electron chi connectivity index (χ4n) is 3.71. The number of aromatic nitrogens is 1. The van der Waals surface area contributed by atoms with Crippen LogP contribution in [0.5, 0.6) is 17.4 Å². The monoisotopic (exact) mass is 505 g/mol. The molecule has 0 saturated heterocycles. The summed E-state index contributed by atoms with van der Waals surface area (Å²) in [6, 6.07) is 22.1. The number of hydrogen-bond acceptors (Lipinski definition) is 5. The number of fused-ring (bicyclic) bond motifs is 1. The molecule has 0 bridgehead atoms. The van der Waals surface area contributed by atoms with Crippen molar-refractivity contribution >= 4 is 34.1 Å². The van der Waals surface area contributed by atoms with Gasteiger partial charge in [0.25, 0.3) is 0 Å². The highest BCUT2D eigenvalue weighted by Gasteiger charge is 2.17. The predicted molar refractivity (Wildman–Crippen MR) is 141 cm³/mol. The van der Waals surface area contributed by atoms with Crippen molar-refractivity contribution in [3.63, 3.8) is 0 Å². The van der Waals surface area contributed by atoms with Crippen molar-refractivity contribution in [1.29, 1.82) is 0 Å². The van der Waals surface area contributed by atoms with Crippen molar-refractivity contribution < 1.29 is 19.4 Å². The molecule has 0 saturated carbocycles. The molecule has 4 rings (SSSR count). The van der Waals surface area contributed by atoms with Crippen molar-refractivity contribution in [2.75, 3.05) is 13.2 Å². The van der Waals surface area contributed by atoms with Gasteiger partial charge in [0, 0.05) is 10.4 Å². The summed E-state index contributed by atoms with van der Waals surface area (Å²) >= 11 is 5.91. The molecule has 3 aromatic carbocycles. The number of carbonyl (C=O) groups is 1. The van der Waals surface area contributed by atoms with Crippen LogP contribution in [0.4, 0.5) is 5.69 Å². The Morgan fingerprint density at radius 3 is 2.28 bits per heavy atom. The molecule has 0 atom stereocenters. The maximum atomic E-state index is 12.3. The zero-order chi connectivity index (χ0) is 25.7. The molecule has 0 aliphatic rings. The lowest BCUT2D eigenvalue weighted by Crippen LogP contribution is -2.11. The summed E-state index contributed by atoms with van der Waals surface area (Å²) in [7, 11) is 0. The summed E-state index contributed by atoms with van der Waals surface area (Å²) in [5.41, 5.74) is 2.18. The van der Waals surface area contributed by atoms with Gasteiger partial charge in [-0.05, 0) is 53.4 Å². The second kappa shape index (κ2) is 10.8.